The molecule has 15 heavy (non-hydrogen) atoms. The second-order valence-electron chi connectivity index (χ2n) is 4.67. The Hall–Kier alpha value is -0.505. The molecule has 1 aromatic rings. The van der Waals surface area contributed by atoms with Crippen LogP contribution in [0.5, 0.6) is 0 Å². The topological polar surface area (TPSA) is 18.5 Å². The number of hydrogen-bond acceptors (Lipinski definition) is 2. The van der Waals surface area contributed by atoms with Gasteiger partial charge >= 0.3 is 7.12 Å². The van der Waals surface area contributed by atoms with E-state index in [4.69, 9.17) is 20.9 Å². The molecule has 80 valence electrons. The molecule has 1 fully saturated rings. The Labute approximate surface area is 95.7 Å². The van der Waals surface area contributed by atoms with E-state index in [0.29, 0.717) is 0 Å². The predicted octanol–water partition coefficient (Wildman–Crippen LogP) is 2.11. The van der Waals surface area contributed by atoms with Crippen LogP contribution in [0, 0.1) is 5.41 Å². The van der Waals surface area contributed by atoms with Crippen molar-refractivity contribution < 1.29 is 9.31 Å². The van der Waals surface area contributed by atoms with Gasteiger partial charge in [-0.2, -0.15) is 0 Å². The SMILES string of the molecule is CC1(C)COB(c2ccc(Cl)cc2)OC1. The molecule has 0 aliphatic carbocycles. The molecule has 0 spiro atoms. The van der Waals surface area contributed by atoms with Gasteiger partial charge in [0.25, 0.3) is 0 Å². The van der Waals surface area contributed by atoms with Crippen molar-refractivity contribution >= 4 is 24.2 Å². The van der Waals surface area contributed by atoms with Gasteiger partial charge in [0.05, 0.1) is 0 Å². The second kappa shape index (κ2) is 4.16. The first-order valence-electron chi connectivity index (χ1n) is 5.05. The molecule has 1 heterocycles. The Bertz CT molecular complexity index is 327. The molecule has 0 atom stereocenters. The van der Waals surface area contributed by atoms with Gasteiger partial charge in [-0.1, -0.05) is 37.6 Å². The monoisotopic (exact) mass is 224 g/mol. The zero-order valence-corrected chi connectivity index (χ0v) is 9.75. The van der Waals surface area contributed by atoms with E-state index in [0.717, 1.165) is 23.7 Å². The molecule has 2 nitrogen and oxygen atoms in total. The quantitative estimate of drug-likeness (QED) is 0.680. The van der Waals surface area contributed by atoms with Crippen LogP contribution >= 0.6 is 11.6 Å². The Kier molecular flexibility index (Phi) is 3.05. The van der Waals surface area contributed by atoms with Crippen molar-refractivity contribution in [2.24, 2.45) is 5.41 Å². The van der Waals surface area contributed by atoms with Gasteiger partial charge < -0.3 is 9.31 Å². The van der Waals surface area contributed by atoms with Gasteiger partial charge in [-0.25, -0.2) is 0 Å². The molecule has 1 aromatic carbocycles. The summed E-state index contributed by atoms with van der Waals surface area (Å²) in [6, 6.07) is 7.57. The highest BCUT2D eigenvalue weighted by Gasteiger charge is 2.33. The summed E-state index contributed by atoms with van der Waals surface area (Å²) in [6.07, 6.45) is 0. The summed E-state index contributed by atoms with van der Waals surface area (Å²) >= 11 is 5.81. The fourth-order valence-corrected chi connectivity index (χ4v) is 1.63. The Morgan fingerprint density at radius 3 is 2.20 bits per heavy atom. The largest absolute Gasteiger partial charge is 0.493 e. The fraction of sp³-hybridized carbons (Fsp3) is 0.455. The third-order valence-corrected chi connectivity index (χ3v) is 2.65. The molecular weight excluding hydrogens is 210 g/mol. The molecular formula is C11H14BClO2. The number of halogens is 1. The zero-order chi connectivity index (χ0) is 10.9. The molecule has 0 aromatic heterocycles. The molecule has 4 heteroatoms. The molecule has 0 N–H and O–H groups in total. The third-order valence-electron chi connectivity index (χ3n) is 2.39. The van der Waals surface area contributed by atoms with E-state index in [2.05, 4.69) is 13.8 Å². The minimum Gasteiger partial charge on any atom is -0.407 e. The highest BCUT2D eigenvalue weighted by Crippen LogP contribution is 2.21. The van der Waals surface area contributed by atoms with Crippen LogP contribution in [0.2, 0.25) is 5.02 Å². The van der Waals surface area contributed by atoms with Crippen LogP contribution in [-0.2, 0) is 9.31 Å². The van der Waals surface area contributed by atoms with Crippen molar-refractivity contribution in [3.05, 3.63) is 29.3 Å². The first-order valence-corrected chi connectivity index (χ1v) is 5.43. The molecule has 1 aliphatic heterocycles. The highest BCUT2D eigenvalue weighted by atomic mass is 35.5. The van der Waals surface area contributed by atoms with E-state index in [1.54, 1.807) is 0 Å². The summed E-state index contributed by atoms with van der Waals surface area (Å²) < 4.78 is 11.3. The van der Waals surface area contributed by atoms with E-state index in [1.807, 2.05) is 24.3 Å². The van der Waals surface area contributed by atoms with Crippen molar-refractivity contribution in [2.45, 2.75) is 13.8 Å². The summed E-state index contributed by atoms with van der Waals surface area (Å²) in [5.41, 5.74) is 1.14. The predicted molar refractivity (Wildman–Crippen MR) is 62.5 cm³/mol. The Morgan fingerprint density at radius 2 is 1.67 bits per heavy atom. The standard InChI is InChI=1S/C11H14BClO2/c1-11(2)7-14-12(15-8-11)9-3-5-10(13)6-4-9/h3-6H,7-8H2,1-2H3. The molecule has 0 radical (unpaired) electrons. The van der Waals surface area contributed by atoms with E-state index >= 15 is 0 Å². The maximum Gasteiger partial charge on any atom is 0.493 e. The van der Waals surface area contributed by atoms with Crippen molar-refractivity contribution in [1.82, 2.24) is 0 Å². The van der Waals surface area contributed by atoms with Crippen molar-refractivity contribution in [1.29, 1.82) is 0 Å². The van der Waals surface area contributed by atoms with Gasteiger partial charge in [-0.05, 0) is 17.6 Å². The third kappa shape index (κ3) is 2.74. The lowest BCUT2D eigenvalue weighted by atomic mass is 9.76. The van der Waals surface area contributed by atoms with E-state index < -0.39 is 0 Å². The maximum atomic E-state index is 5.81. The molecule has 1 aliphatic rings. The highest BCUT2D eigenvalue weighted by molar-refractivity contribution is 6.61. The van der Waals surface area contributed by atoms with Gasteiger partial charge in [-0.3, -0.25) is 0 Å². The number of benzene rings is 1. The van der Waals surface area contributed by atoms with Crippen LogP contribution in [0.15, 0.2) is 24.3 Å². The minimum atomic E-state index is -0.240. The average Bonchev–Trinajstić information content (AvgIpc) is 2.20. The maximum absolute atomic E-state index is 5.81. The zero-order valence-electron chi connectivity index (χ0n) is 9.00. The van der Waals surface area contributed by atoms with Gasteiger partial charge in [0.2, 0.25) is 0 Å². The summed E-state index contributed by atoms with van der Waals surface area (Å²) in [6.45, 7) is 5.71. The van der Waals surface area contributed by atoms with Crippen LogP contribution in [-0.4, -0.2) is 20.3 Å². The lowest BCUT2D eigenvalue weighted by Gasteiger charge is -2.33. The van der Waals surface area contributed by atoms with E-state index in [1.165, 1.54) is 0 Å². The molecule has 0 bridgehead atoms. The van der Waals surface area contributed by atoms with Gasteiger partial charge in [0, 0.05) is 23.7 Å². The first-order chi connectivity index (χ1) is 7.07. The van der Waals surface area contributed by atoms with Crippen molar-refractivity contribution in [3.63, 3.8) is 0 Å². The Morgan fingerprint density at radius 1 is 1.13 bits per heavy atom. The van der Waals surface area contributed by atoms with Crippen LogP contribution in [0.3, 0.4) is 0 Å². The van der Waals surface area contributed by atoms with E-state index in [9.17, 15) is 0 Å². The van der Waals surface area contributed by atoms with Gasteiger partial charge in [0.1, 0.15) is 0 Å². The first kappa shape index (κ1) is 11.0. The fourth-order valence-electron chi connectivity index (χ4n) is 1.50. The summed E-state index contributed by atoms with van der Waals surface area (Å²) in [5, 5.41) is 0.731. The Balaban J connectivity index is 2.04. The van der Waals surface area contributed by atoms with Crippen LogP contribution in [0.1, 0.15) is 13.8 Å². The van der Waals surface area contributed by atoms with Crippen molar-refractivity contribution in [2.75, 3.05) is 13.2 Å². The summed E-state index contributed by atoms with van der Waals surface area (Å²) in [4.78, 5) is 0. The molecule has 1 saturated heterocycles. The lowest BCUT2D eigenvalue weighted by Crippen LogP contribution is -2.47. The second-order valence-corrected chi connectivity index (χ2v) is 5.11. The minimum absolute atomic E-state index is 0.114. The molecule has 2 rings (SSSR count). The normalized spacial score (nSPS) is 20.3. The van der Waals surface area contributed by atoms with Crippen LogP contribution in [0.25, 0.3) is 0 Å². The molecule has 0 unspecified atom stereocenters. The van der Waals surface area contributed by atoms with Crippen molar-refractivity contribution in [3.8, 4) is 0 Å². The summed E-state index contributed by atoms with van der Waals surface area (Å²) in [7, 11) is -0.240. The molecule has 0 amide bonds. The van der Waals surface area contributed by atoms with Gasteiger partial charge in [-0.15, -0.1) is 0 Å². The average molecular weight is 224 g/mol. The van der Waals surface area contributed by atoms with Crippen LogP contribution in [0.4, 0.5) is 0 Å². The number of hydrogen-bond donors (Lipinski definition) is 0. The van der Waals surface area contributed by atoms with Gasteiger partial charge in [0.15, 0.2) is 0 Å². The summed E-state index contributed by atoms with van der Waals surface area (Å²) in [5.74, 6) is 0. The number of rotatable bonds is 1. The smallest absolute Gasteiger partial charge is 0.407 e. The lowest BCUT2D eigenvalue weighted by molar-refractivity contribution is 0.0343. The van der Waals surface area contributed by atoms with E-state index in [-0.39, 0.29) is 12.5 Å². The molecule has 0 saturated carbocycles. The van der Waals surface area contributed by atoms with Crippen LogP contribution < -0.4 is 5.46 Å².